The van der Waals surface area contributed by atoms with Crippen LogP contribution in [0, 0.1) is 13.8 Å². The molecule has 0 aliphatic rings. The average Bonchev–Trinajstić information content (AvgIpc) is 2.24. The second-order valence-electron chi connectivity index (χ2n) is 3.88. The molecule has 19 heavy (non-hydrogen) atoms. The quantitative estimate of drug-likeness (QED) is 0.795. The molecule has 0 saturated heterocycles. The average molecular weight is 264 g/mol. The van der Waals surface area contributed by atoms with E-state index in [0.717, 1.165) is 11.1 Å². The van der Waals surface area contributed by atoms with E-state index in [1.165, 1.54) is 0 Å². The molecule has 0 fully saturated rings. The van der Waals surface area contributed by atoms with Gasteiger partial charge in [0.15, 0.2) is 0 Å². The van der Waals surface area contributed by atoms with Gasteiger partial charge in [-0.25, -0.2) is 0 Å². The Hall–Kier alpha value is -2.10. The van der Waals surface area contributed by atoms with Crippen LogP contribution in [0.1, 0.15) is 26.0 Å². The molecule has 2 rings (SSSR count). The molecule has 0 spiro atoms. The Balaban J connectivity index is 0. The Kier molecular flexibility index (Phi) is 9.03. The van der Waals surface area contributed by atoms with E-state index in [1.807, 2.05) is 26.0 Å². The minimum Gasteiger partial charge on any atom is -0.329 e. The van der Waals surface area contributed by atoms with Gasteiger partial charge in [-0.05, 0) is 37.1 Å². The van der Waals surface area contributed by atoms with Crippen molar-refractivity contribution in [3.63, 3.8) is 0 Å². The van der Waals surface area contributed by atoms with Gasteiger partial charge in [-0.1, -0.05) is 14.9 Å². The third-order valence-electron chi connectivity index (χ3n) is 2.19. The van der Waals surface area contributed by atoms with E-state index in [9.17, 15) is 9.59 Å². The van der Waals surface area contributed by atoms with Crippen molar-refractivity contribution in [3.8, 4) is 0 Å². The van der Waals surface area contributed by atoms with Gasteiger partial charge >= 0.3 is 0 Å². The second kappa shape index (κ2) is 8.91. The van der Waals surface area contributed by atoms with Gasteiger partial charge < -0.3 is 9.55 Å². The molecule has 106 valence electrons. The topological polar surface area (TPSA) is 54.9 Å². The Morgan fingerprint density at radius 2 is 1.58 bits per heavy atom. The van der Waals surface area contributed by atoms with Crippen molar-refractivity contribution in [2.24, 2.45) is 7.05 Å². The molecule has 0 amide bonds. The first-order valence-electron chi connectivity index (χ1n) is 5.27. The fourth-order valence-electron chi connectivity index (χ4n) is 1.20. The van der Waals surface area contributed by atoms with Gasteiger partial charge in [-0.2, -0.15) is 0 Å². The molecule has 0 radical (unpaired) electrons. The first-order valence-corrected chi connectivity index (χ1v) is 5.27. The van der Waals surface area contributed by atoms with Crippen molar-refractivity contribution in [1.29, 1.82) is 0 Å². The van der Waals surface area contributed by atoms with Crippen LogP contribution in [0.4, 0.5) is 0 Å². The molecule has 0 unspecified atom stereocenters. The lowest BCUT2D eigenvalue weighted by atomic mass is 10.3. The van der Waals surface area contributed by atoms with Gasteiger partial charge in [0.2, 0.25) is 5.56 Å². The molecule has 0 aromatic carbocycles. The van der Waals surface area contributed by atoms with E-state index in [1.54, 1.807) is 36.1 Å². The van der Waals surface area contributed by atoms with E-state index < -0.39 is 0 Å². The summed E-state index contributed by atoms with van der Waals surface area (Å²) in [5, 5.41) is 0. The van der Waals surface area contributed by atoms with Crippen molar-refractivity contribution >= 4 is 0 Å². The van der Waals surface area contributed by atoms with Gasteiger partial charge in [0.05, 0.1) is 0 Å². The van der Waals surface area contributed by atoms with Crippen LogP contribution in [0.5, 0.6) is 0 Å². The van der Waals surface area contributed by atoms with Crippen LogP contribution in [0.3, 0.4) is 0 Å². The highest BCUT2D eigenvalue weighted by Crippen LogP contribution is 1.87. The lowest BCUT2D eigenvalue weighted by Gasteiger charge is -1.94. The number of aromatic amines is 1. The maximum Gasteiger partial charge on any atom is 0.250 e. The minimum absolute atomic E-state index is 0. The molecule has 0 saturated carbocycles. The van der Waals surface area contributed by atoms with E-state index in [0.29, 0.717) is 0 Å². The smallest absolute Gasteiger partial charge is 0.250 e. The Labute approximate surface area is 114 Å². The zero-order chi connectivity index (χ0) is 12.8. The van der Waals surface area contributed by atoms with Crippen molar-refractivity contribution in [1.82, 2.24) is 9.55 Å². The summed E-state index contributed by atoms with van der Waals surface area (Å²) in [7, 11) is 1.74. The molecule has 1 N–H and O–H groups in total. The zero-order valence-corrected chi connectivity index (χ0v) is 10.2. The predicted molar refractivity (Wildman–Crippen MR) is 81.7 cm³/mol. The van der Waals surface area contributed by atoms with Gasteiger partial charge in [0.25, 0.3) is 5.56 Å². The Morgan fingerprint density at radius 3 is 1.95 bits per heavy atom. The van der Waals surface area contributed by atoms with Crippen molar-refractivity contribution in [3.05, 3.63) is 68.5 Å². The van der Waals surface area contributed by atoms with Crippen LogP contribution in [0.2, 0.25) is 0 Å². The highest BCUT2D eigenvalue weighted by atomic mass is 16.1. The minimum atomic E-state index is -0.0370. The SMILES string of the molecule is C.C.Cc1cc[nH]c(=O)c1.Cc1ccn(C)c(=O)c1. The summed E-state index contributed by atoms with van der Waals surface area (Å²) in [6.45, 7) is 3.79. The van der Waals surface area contributed by atoms with Crippen LogP contribution in [-0.4, -0.2) is 9.55 Å². The molecule has 4 nitrogen and oxygen atoms in total. The third-order valence-corrected chi connectivity index (χ3v) is 2.19. The standard InChI is InChI=1S/C7H9NO.C6H7NO.2CH4/c1-6-3-4-8(2)7(9)5-6;1-5-2-3-7-6(8)4-5;;/h3-5H,1-2H3;2-4H,1H3,(H,7,8);2*1H4. The number of nitrogens with zero attached hydrogens (tertiary/aromatic N) is 1. The predicted octanol–water partition coefficient (Wildman–Crippen LogP) is 2.65. The molecule has 0 aliphatic carbocycles. The van der Waals surface area contributed by atoms with Crippen LogP contribution >= 0.6 is 0 Å². The van der Waals surface area contributed by atoms with Gasteiger partial charge in [0, 0.05) is 31.6 Å². The largest absolute Gasteiger partial charge is 0.329 e. The fourth-order valence-corrected chi connectivity index (χ4v) is 1.20. The zero-order valence-electron chi connectivity index (χ0n) is 10.2. The number of H-pyrrole nitrogens is 1. The van der Waals surface area contributed by atoms with Gasteiger partial charge in [0.1, 0.15) is 0 Å². The lowest BCUT2D eigenvalue weighted by molar-refractivity contribution is 0.856. The maximum absolute atomic E-state index is 10.8. The van der Waals surface area contributed by atoms with Gasteiger partial charge in [-0.15, -0.1) is 0 Å². The Bertz CT molecular complexity index is 597. The molecule has 2 aromatic rings. The fraction of sp³-hybridized carbons (Fsp3) is 0.333. The van der Waals surface area contributed by atoms with E-state index >= 15 is 0 Å². The first kappa shape index (κ1) is 19.2. The summed E-state index contributed by atoms with van der Waals surface area (Å²) in [5.74, 6) is 0. The number of aromatic nitrogens is 2. The summed E-state index contributed by atoms with van der Waals surface area (Å²) in [4.78, 5) is 23.8. The van der Waals surface area contributed by atoms with E-state index in [4.69, 9.17) is 0 Å². The third kappa shape index (κ3) is 7.03. The number of hydrogen-bond acceptors (Lipinski definition) is 2. The van der Waals surface area contributed by atoms with Crippen molar-refractivity contribution < 1.29 is 0 Å². The first-order chi connectivity index (χ1) is 7.99. The second-order valence-corrected chi connectivity index (χ2v) is 3.88. The molecule has 0 atom stereocenters. The number of nitrogens with one attached hydrogen (secondary N) is 1. The molecular weight excluding hydrogens is 240 g/mol. The van der Waals surface area contributed by atoms with Crippen LogP contribution in [-0.2, 0) is 7.05 Å². The monoisotopic (exact) mass is 264 g/mol. The summed E-state index contributed by atoms with van der Waals surface area (Å²) in [6, 6.07) is 6.92. The molecule has 4 heteroatoms. The van der Waals surface area contributed by atoms with Gasteiger partial charge in [-0.3, -0.25) is 9.59 Å². The summed E-state index contributed by atoms with van der Waals surface area (Å²) in [6.07, 6.45) is 3.40. The number of aryl methyl sites for hydroxylation is 3. The molecular formula is C15H24N2O2. The van der Waals surface area contributed by atoms with E-state index in [2.05, 4.69) is 4.98 Å². The number of hydrogen-bond donors (Lipinski definition) is 1. The highest BCUT2D eigenvalue weighted by Gasteiger charge is 1.86. The molecule has 2 aromatic heterocycles. The van der Waals surface area contributed by atoms with Crippen molar-refractivity contribution in [2.75, 3.05) is 0 Å². The summed E-state index contributed by atoms with van der Waals surface area (Å²) in [5.41, 5.74) is 2.02. The Morgan fingerprint density at radius 1 is 1.00 bits per heavy atom. The van der Waals surface area contributed by atoms with Crippen LogP contribution < -0.4 is 11.1 Å². The summed E-state index contributed by atoms with van der Waals surface area (Å²) >= 11 is 0. The van der Waals surface area contributed by atoms with Crippen LogP contribution in [0.25, 0.3) is 0 Å². The van der Waals surface area contributed by atoms with E-state index in [-0.39, 0.29) is 26.0 Å². The lowest BCUT2D eigenvalue weighted by Crippen LogP contribution is -2.13. The number of rotatable bonds is 0. The molecule has 0 aliphatic heterocycles. The molecule has 2 heterocycles. The number of pyridine rings is 2. The summed E-state index contributed by atoms with van der Waals surface area (Å²) < 4.78 is 1.55. The maximum atomic E-state index is 10.8. The molecule has 0 bridgehead atoms. The highest BCUT2D eigenvalue weighted by molar-refractivity contribution is 5.07. The van der Waals surface area contributed by atoms with Crippen LogP contribution in [0.15, 0.2) is 46.2 Å². The van der Waals surface area contributed by atoms with Crippen molar-refractivity contribution in [2.45, 2.75) is 28.7 Å². The normalized spacial score (nSPS) is 8.37.